The van der Waals surface area contributed by atoms with Crippen LogP contribution in [-0.4, -0.2) is 17.6 Å². The highest BCUT2D eigenvalue weighted by Gasteiger charge is 2.37. The van der Waals surface area contributed by atoms with Crippen LogP contribution in [-0.2, 0) is 6.42 Å². The molecule has 2 heterocycles. The van der Waals surface area contributed by atoms with Crippen LogP contribution in [0.4, 0.5) is 0 Å². The Hall–Kier alpha value is -1.93. The van der Waals surface area contributed by atoms with Crippen LogP contribution in [0, 0.1) is 12.3 Å². The molecule has 25 heavy (non-hydrogen) atoms. The van der Waals surface area contributed by atoms with Crippen molar-refractivity contribution in [3.8, 4) is 0 Å². The fourth-order valence-corrected chi connectivity index (χ4v) is 4.25. The average Bonchev–Trinajstić information content (AvgIpc) is 3.07. The van der Waals surface area contributed by atoms with E-state index in [4.69, 9.17) is 4.42 Å². The number of amides is 2. The third kappa shape index (κ3) is 3.55. The Labute approximate surface area is 157 Å². The molecule has 6 nitrogen and oxygen atoms in total. The zero-order chi connectivity index (χ0) is 18.4. The molecule has 1 aliphatic carbocycles. The fourth-order valence-electron chi connectivity index (χ4n) is 2.97. The number of ketones is 1. The van der Waals surface area contributed by atoms with Gasteiger partial charge in [0.25, 0.3) is 5.91 Å². The molecule has 2 aromatic heterocycles. The van der Waals surface area contributed by atoms with E-state index in [-0.39, 0.29) is 17.0 Å². The van der Waals surface area contributed by atoms with E-state index in [0.717, 1.165) is 3.79 Å². The lowest BCUT2D eigenvalue weighted by Gasteiger charge is -2.27. The minimum absolute atomic E-state index is 0.0148. The van der Waals surface area contributed by atoms with Crippen molar-refractivity contribution in [3.63, 3.8) is 0 Å². The van der Waals surface area contributed by atoms with E-state index in [1.54, 1.807) is 19.1 Å². The molecule has 3 rings (SSSR count). The Morgan fingerprint density at radius 1 is 1.20 bits per heavy atom. The van der Waals surface area contributed by atoms with Crippen molar-refractivity contribution < 1.29 is 18.8 Å². The molecule has 2 amide bonds. The highest BCUT2D eigenvalue weighted by molar-refractivity contribution is 9.11. The average molecular weight is 425 g/mol. The SMILES string of the molecule is Cc1c(C(=O)NNC(=O)c2ccc(Br)s2)oc2c1C(=O)CC(C)(C)C2. The van der Waals surface area contributed by atoms with Crippen molar-refractivity contribution in [1.29, 1.82) is 0 Å². The summed E-state index contributed by atoms with van der Waals surface area (Å²) in [5.41, 5.74) is 5.51. The lowest BCUT2D eigenvalue weighted by atomic mass is 9.76. The van der Waals surface area contributed by atoms with Gasteiger partial charge >= 0.3 is 5.91 Å². The number of hydrogen-bond acceptors (Lipinski definition) is 5. The number of carbonyl (C=O) groups is 3. The van der Waals surface area contributed by atoms with Crippen molar-refractivity contribution in [2.45, 2.75) is 33.6 Å². The molecule has 0 aliphatic heterocycles. The second kappa shape index (κ2) is 6.42. The molecular weight excluding hydrogens is 408 g/mol. The molecule has 0 fully saturated rings. The van der Waals surface area contributed by atoms with Crippen molar-refractivity contribution in [2.75, 3.05) is 0 Å². The maximum Gasteiger partial charge on any atom is 0.305 e. The summed E-state index contributed by atoms with van der Waals surface area (Å²) in [6.45, 7) is 5.67. The summed E-state index contributed by atoms with van der Waals surface area (Å²) in [4.78, 5) is 37.1. The molecule has 0 radical (unpaired) electrons. The van der Waals surface area contributed by atoms with Gasteiger partial charge in [-0.05, 0) is 40.4 Å². The van der Waals surface area contributed by atoms with Crippen LogP contribution in [0.25, 0.3) is 0 Å². The zero-order valence-corrected chi connectivity index (χ0v) is 16.4. The molecular formula is C17H17BrN2O4S. The molecule has 0 saturated heterocycles. The number of Topliss-reactive ketones (excluding diaryl/α,β-unsaturated/α-hetero) is 1. The Morgan fingerprint density at radius 2 is 1.88 bits per heavy atom. The molecule has 0 bridgehead atoms. The van der Waals surface area contributed by atoms with Crippen molar-refractivity contribution in [3.05, 3.63) is 43.4 Å². The number of fused-ring (bicyclic) bond motifs is 1. The largest absolute Gasteiger partial charge is 0.455 e. The van der Waals surface area contributed by atoms with Gasteiger partial charge in [0.2, 0.25) is 0 Å². The highest BCUT2D eigenvalue weighted by atomic mass is 79.9. The summed E-state index contributed by atoms with van der Waals surface area (Å²) in [5.74, 6) is -0.420. The third-order valence-corrected chi connectivity index (χ3v) is 5.69. The van der Waals surface area contributed by atoms with E-state index in [1.807, 2.05) is 13.8 Å². The van der Waals surface area contributed by atoms with Gasteiger partial charge in [0.15, 0.2) is 11.5 Å². The smallest absolute Gasteiger partial charge is 0.305 e. The molecule has 8 heteroatoms. The number of hydrogen-bond donors (Lipinski definition) is 2. The predicted molar refractivity (Wildman–Crippen MR) is 96.8 cm³/mol. The Kier molecular flexibility index (Phi) is 4.59. The van der Waals surface area contributed by atoms with Crippen LogP contribution in [0.15, 0.2) is 20.3 Å². The second-order valence-electron chi connectivity index (χ2n) is 6.81. The quantitative estimate of drug-likeness (QED) is 0.720. The Morgan fingerprint density at radius 3 is 2.52 bits per heavy atom. The summed E-state index contributed by atoms with van der Waals surface area (Å²) in [7, 11) is 0. The first kappa shape index (κ1) is 17.9. The predicted octanol–water partition coefficient (Wildman–Crippen LogP) is 3.64. The van der Waals surface area contributed by atoms with E-state index in [1.165, 1.54) is 11.3 Å². The van der Waals surface area contributed by atoms with Gasteiger partial charge in [-0.25, -0.2) is 0 Å². The summed E-state index contributed by atoms with van der Waals surface area (Å²) in [5, 5.41) is 0. The van der Waals surface area contributed by atoms with E-state index in [2.05, 4.69) is 26.8 Å². The Balaban J connectivity index is 1.75. The van der Waals surface area contributed by atoms with Gasteiger partial charge in [-0.15, -0.1) is 11.3 Å². The maximum atomic E-state index is 12.4. The standard InChI is InChI=1S/C17H17BrN2O4S/c1-8-13-9(21)6-17(2,3)7-10(13)24-14(8)16(23)20-19-15(22)11-4-5-12(18)25-11/h4-5H,6-7H2,1-3H3,(H,19,22)(H,20,23). The van der Waals surface area contributed by atoms with Gasteiger partial charge < -0.3 is 4.42 Å². The molecule has 2 N–H and O–H groups in total. The summed E-state index contributed by atoms with van der Waals surface area (Å²) >= 11 is 4.53. The van der Waals surface area contributed by atoms with Gasteiger partial charge in [-0.2, -0.15) is 0 Å². The second-order valence-corrected chi connectivity index (χ2v) is 9.27. The number of thiophene rings is 1. The molecule has 0 spiro atoms. The molecule has 0 unspecified atom stereocenters. The number of halogens is 1. The molecule has 1 aliphatic rings. The molecule has 0 saturated carbocycles. The normalized spacial score (nSPS) is 15.6. The summed E-state index contributed by atoms with van der Waals surface area (Å²) < 4.78 is 6.48. The van der Waals surface area contributed by atoms with Gasteiger partial charge in [0.05, 0.1) is 14.2 Å². The lowest BCUT2D eigenvalue weighted by molar-refractivity contribution is 0.0829. The third-order valence-electron chi connectivity index (χ3n) is 4.07. The minimum Gasteiger partial charge on any atom is -0.455 e. The fraction of sp³-hybridized carbons (Fsp3) is 0.353. The van der Waals surface area contributed by atoms with Gasteiger partial charge in [0.1, 0.15) is 5.76 Å². The van der Waals surface area contributed by atoms with Crippen molar-refractivity contribution in [2.24, 2.45) is 5.41 Å². The van der Waals surface area contributed by atoms with Gasteiger partial charge in [-0.3, -0.25) is 25.2 Å². The topological polar surface area (TPSA) is 88.4 Å². The number of nitrogens with one attached hydrogen (secondary N) is 2. The van der Waals surface area contributed by atoms with Gasteiger partial charge in [0, 0.05) is 18.4 Å². The first-order valence-corrected chi connectivity index (χ1v) is 9.30. The summed E-state index contributed by atoms with van der Waals surface area (Å²) in [6.07, 6.45) is 1.02. The monoisotopic (exact) mass is 424 g/mol. The number of carbonyl (C=O) groups excluding carboxylic acids is 3. The minimum atomic E-state index is -0.582. The van der Waals surface area contributed by atoms with Crippen LogP contribution in [0.1, 0.15) is 62.2 Å². The van der Waals surface area contributed by atoms with Crippen LogP contribution in [0.5, 0.6) is 0 Å². The zero-order valence-electron chi connectivity index (χ0n) is 14.0. The molecule has 0 aromatic carbocycles. The van der Waals surface area contributed by atoms with Crippen molar-refractivity contribution >= 4 is 44.9 Å². The van der Waals surface area contributed by atoms with E-state index < -0.39 is 11.8 Å². The van der Waals surface area contributed by atoms with E-state index in [9.17, 15) is 14.4 Å². The van der Waals surface area contributed by atoms with Gasteiger partial charge in [-0.1, -0.05) is 13.8 Å². The summed E-state index contributed by atoms with van der Waals surface area (Å²) in [6, 6.07) is 3.40. The first-order chi connectivity index (χ1) is 11.7. The number of furan rings is 1. The molecule has 2 aromatic rings. The Bertz CT molecular complexity index is 881. The van der Waals surface area contributed by atoms with E-state index in [0.29, 0.717) is 34.6 Å². The van der Waals surface area contributed by atoms with Crippen LogP contribution in [0.3, 0.4) is 0 Å². The van der Waals surface area contributed by atoms with E-state index >= 15 is 0 Å². The maximum absolute atomic E-state index is 12.4. The van der Waals surface area contributed by atoms with Crippen LogP contribution in [0.2, 0.25) is 0 Å². The van der Waals surface area contributed by atoms with Crippen LogP contribution < -0.4 is 10.9 Å². The first-order valence-electron chi connectivity index (χ1n) is 7.69. The lowest BCUT2D eigenvalue weighted by Crippen LogP contribution is -2.41. The molecule has 0 atom stereocenters. The number of hydrazine groups is 1. The van der Waals surface area contributed by atoms with Crippen LogP contribution >= 0.6 is 27.3 Å². The molecule has 132 valence electrons. The van der Waals surface area contributed by atoms with Crippen molar-refractivity contribution in [1.82, 2.24) is 10.9 Å². The number of rotatable bonds is 2. The highest BCUT2D eigenvalue weighted by Crippen LogP contribution is 2.38.